The number of carbonyl (C=O) groups excluding carboxylic acids is 2. The molecule has 0 unspecified atom stereocenters. The molecule has 0 spiro atoms. The van der Waals surface area contributed by atoms with Crippen LogP contribution < -0.4 is 5.32 Å². The van der Waals surface area contributed by atoms with Gasteiger partial charge in [0.2, 0.25) is 0 Å². The number of amides is 1. The summed E-state index contributed by atoms with van der Waals surface area (Å²) in [6.07, 6.45) is 6.35. The molecule has 1 aromatic carbocycles. The third kappa shape index (κ3) is 5.52. The smallest absolute Gasteiger partial charge is 0.331 e. The molecular formula is C19H19NO3S. The second-order valence-electron chi connectivity index (χ2n) is 4.92. The Balaban J connectivity index is 1.97. The van der Waals surface area contributed by atoms with Crippen molar-refractivity contribution < 1.29 is 14.3 Å². The Kier molecular flexibility index (Phi) is 6.98. The van der Waals surface area contributed by atoms with Crippen LogP contribution in [-0.2, 0) is 14.3 Å². The molecule has 1 heterocycles. The predicted molar refractivity (Wildman–Crippen MR) is 95.7 cm³/mol. The molecule has 1 N–H and O–H groups in total. The largest absolute Gasteiger partial charge is 0.452 e. The van der Waals surface area contributed by atoms with Crippen LogP contribution in [0.4, 0.5) is 0 Å². The number of carbonyl (C=O) groups is 2. The van der Waals surface area contributed by atoms with Gasteiger partial charge in [-0.2, -0.15) is 0 Å². The molecule has 0 aliphatic rings. The van der Waals surface area contributed by atoms with Crippen LogP contribution >= 0.6 is 11.3 Å². The number of allylic oxidation sites excluding steroid dienone is 3. The van der Waals surface area contributed by atoms with E-state index in [9.17, 15) is 9.59 Å². The summed E-state index contributed by atoms with van der Waals surface area (Å²) in [5, 5.41) is 4.88. The molecule has 0 saturated carbocycles. The SMILES string of the molecule is C/C=C/C=C/C(=O)OCC(=O)N[C@H](c1ccccc1)c1cccs1. The van der Waals surface area contributed by atoms with E-state index in [4.69, 9.17) is 4.74 Å². The van der Waals surface area contributed by atoms with Crippen molar-refractivity contribution in [1.82, 2.24) is 5.32 Å². The monoisotopic (exact) mass is 341 g/mol. The van der Waals surface area contributed by atoms with Crippen LogP contribution in [0, 0.1) is 0 Å². The third-order valence-electron chi connectivity index (χ3n) is 3.15. The molecule has 0 bridgehead atoms. The first-order valence-electron chi connectivity index (χ1n) is 7.54. The molecule has 1 aromatic heterocycles. The minimum atomic E-state index is -0.546. The van der Waals surface area contributed by atoms with Crippen LogP contribution in [0.25, 0.3) is 0 Å². The summed E-state index contributed by atoms with van der Waals surface area (Å²) in [5.41, 5.74) is 0.979. The average molecular weight is 341 g/mol. The maximum absolute atomic E-state index is 12.1. The van der Waals surface area contributed by atoms with Crippen LogP contribution in [0.5, 0.6) is 0 Å². The van der Waals surface area contributed by atoms with Gasteiger partial charge >= 0.3 is 5.97 Å². The molecular weight excluding hydrogens is 322 g/mol. The summed E-state index contributed by atoms with van der Waals surface area (Å²) >= 11 is 1.56. The highest BCUT2D eigenvalue weighted by Crippen LogP contribution is 2.25. The highest BCUT2D eigenvalue weighted by atomic mass is 32.1. The normalized spacial score (nSPS) is 12.4. The summed E-state index contributed by atoms with van der Waals surface area (Å²) in [4.78, 5) is 24.6. The lowest BCUT2D eigenvalue weighted by Crippen LogP contribution is -2.32. The van der Waals surface area contributed by atoms with E-state index in [1.54, 1.807) is 29.6 Å². The van der Waals surface area contributed by atoms with E-state index >= 15 is 0 Å². The third-order valence-corrected chi connectivity index (χ3v) is 4.08. The van der Waals surface area contributed by atoms with E-state index in [1.807, 2.05) is 54.8 Å². The van der Waals surface area contributed by atoms with Crippen molar-refractivity contribution in [2.24, 2.45) is 0 Å². The summed E-state index contributed by atoms with van der Waals surface area (Å²) in [5.74, 6) is -0.888. The summed E-state index contributed by atoms with van der Waals surface area (Å²) in [6.45, 7) is 1.53. The zero-order valence-corrected chi connectivity index (χ0v) is 14.2. The van der Waals surface area contributed by atoms with Crippen molar-refractivity contribution in [3.63, 3.8) is 0 Å². The fourth-order valence-electron chi connectivity index (χ4n) is 2.05. The lowest BCUT2D eigenvalue weighted by Gasteiger charge is -2.18. The molecule has 0 aliphatic heterocycles. The second-order valence-corrected chi connectivity index (χ2v) is 5.90. The summed E-state index contributed by atoms with van der Waals surface area (Å²) in [7, 11) is 0. The maximum Gasteiger partial charge on any atom is 0.331 e. The minimum absolute atomic E-state index is 0.254. The fourth-order valence-corrected chi connectivity index (χ4v) is 2.85. The predicted octanol–water partition coefficient (Wildman–Crippen LogP) is 3.63. The van der Waals surface area contributed by atoms with Gasteiger partial charge in [-0.15, -0.1) is 11.3 Å². The standard InChI is InChI=1S/C19H19NO3S/c1-2-3-5-12-18(22)23-14-17(21)20-19(16-11-8-13-24-16)15-9-6-4-7-10-15/h2-13,19H,14H2,1H3,(H,20,21)/b3-2+,12-5+/t19-/m1/s1. The molecule has 124 valence electrons. The van der Waals surface area contributed by atoms with Gasteiger partial charge in [0.1, 0.15) is 0 Å². The molecule has 1 amide bonds. The Bertz CT molecular complexity index is 705. The van der Waals surface area contributed by atoms with Crippen LogP contribution in [0.15, 0.2) is 72.1 Å². The molecule has 0 fully saturated rings. The van der Waals surface area contributed by atoms with Gasteiger partial charge in [-0.25, -0.2) is 4.79 Å². The van der Waals surface area contributed by atoms with Gasteiger partial charge in [-0.3, -0.25) is 4.79 Å². The number of esters is 1. The second kappa shape index (κ2) is 9.47. The summed E-state index contributed by atoms with van der Waals surface area (Å²) < 4.78 is 4.94. The highest BCUT2D eigenvalue weighted by Gasteiger charge is 2.18. The van der Waals surface area contributed by atoms with E-state index < -0.39 is 5.97 Å². The van der Waals surface area contributed by atoms with Gasteiger partial charge in [-0.05, 0) is 23.9 Å². The Morgan fingerprint density at radius 3 is 2.62 bits per heavy atom. The number of nitrogens with one attached hydrogen (secondary N) is 1. The number of hydrogen-bond acceptors (Lipinski definition) is 4. The molecule has 24 heavy (non-hydrogen) atoms. The van der Waals surface area contributed by atoms with Crippen molar-refractivity contribution in [2.45, 2.75) is 13.0 Å². The first kappa shape index (κ1) is 17.7. The fraction of sp³-hybridized carbons (Fsp3) is 0.158. The molecule has 0 radical (unpaired) electrons. The molecule has 0 aliphatic carbocycles. The molecule has 5 heteroatoms. The van der Waals surface area contributed by atoms with Gasteiger partial charge < -0.3 is 10.1 Å². The number of thiophene rings is 1. The Labute approximate surface area is 145 Å². The van der Waals surface area contributed by atoms with E-state index in [1.165, 1.54) is 6.08 Å². The number of ether oxygens (including phenoxy) is 1. The number of hydrogen-bond donors (Lipinski definition) is 1. The molecule has 2 aromatic rings. The quantitative estimate of drug-likeness (QED) is 0.475. The lowest BCUT2D eigenvalue weighted by molar-refractivity contribution is -0.144. The average Bonchev–Trinajstić information content (AvgIpc) is 3.13. The van der Waals surface area contributed by atoms with Gasteiger partial charge in [0.05, 0.1) is 6.04 Å². The number of rotatable bonds is 7. The Morgan fingerprint density at radius 1 is 1.17 bits per heavy atom. The first-order valence-corrected chi connectivity index (χ1v) is 8.42. The molecule has 2 rings (SSSR count). The van der Waals surface area contributed by atoms with Gasteiger partial charge in [0.15, 0.2) is 6.61 Å². The Morgan fingerprint density at radius 2 is 1.96 bits per heavy atom. The minimum Gasteiger partial charge on any atom is -0.452 e. The first-order chi connectivity index (χ1) is 11.7. The van der Waals surface area contributed by atoms with E-state index in [-0.39, 0.29) is 18.6 Å². The van der Waals surface area contributed by atoms with Crippen molar-refractivity contribution in [3.8, 4) is 0 Å². The van der Waals surface area contributed by atoms with E-state index in [0.717, 1.165) is 10.4 Å². The van der Waals surface area contributed by atoms with Crippen LogP contribution in [-0.4, -0.2) is 18.5 Å². The molecule has 0 saturated heterocycles. The van der Waals surface area contributed by atoms with Crippen molar-refractivity contribution in [1.29, 1.82) is 0 Å². The molecule has 1 atom stereocenters. The van der Waals surface area contributed by atoms with Gasteiger partial charge in [0.25, 0.3) is 5.91 Å². The van der Waals surface area contributed by atoms with Gasteiger partial charge in [0, 0.05) is 11.0 Å². The van der Waals surface area contributed by atoms with Gasteiger partial charge in [-0.1, -0.05) is 54.6 Å². The van der Waals surface area contributed by atoms with Crippen molar-refractivity contribution >= 4 is 23.2 Å². The number of benzene rings is 1. The van der Waals surface area contributed by atoms with Crippen molar-refractivity contribution in [2.75, 3.05) is 6.61 Å². The lowest BCUT2D eigenvalue weighted by atomic mass is 10.1. The maximum atomic E-state index is 12.1. The summed E-state index contributed by atoms with van der Waals surface area (Å²) in [6, 6.07) is 13.3. The van der Waals surface area contributed by atoms with Crippen LogP contribution in [0.2, 0.25) is 0 Å². The Hall–Kier alpha value is -2.66. The van der Waals surface area contributed by atoms with E-state index in [0.29, 0.717) is 0 Å². The molecule has 4 nitrogen and oxygen atoms in total. The zero-order valence-electron chi connectivity index (χ0n) is 13.3. The van der Waals surface area contributed by atoms with Crippen molar-refractivity contribution in [3.05, 3.63) is 82.6 Å². The topological polar surface area (TPSA) is 55.4 Å². The van der Waals surface area contributed by atoms with E-state index in [2.05, 4.69) is 5.32 Å². The highest BCUT2D eigenvalue weighted by molar-refractivity contribution is 7.10. The zero-order chi connectivity index (χ0) is 17.2. The van der Waals surface area contributed by atoms with Crippen LogP contribution in [0.1, 0.15) is 23.4 Å². The van der Waals surface area contributed by atoms with Crippen LogP contribution in [0.3, 0.4) is 0 Å².